The van der Waals surface area contributed by atoms with Gasteiger partial charge in [0.25, 0.3) is 0 Å². The van der Waals surface area contributed by atoms with Gasteiger partial charge < -0.3 is 9.73 Å². The first-order valence-electron chi connectivity index (χ1n) is 6.66. The van der Waals surface area contributed by atoms with Crippen LogP contribution in [-0.2, 0) is 13.1 Å². The van der Waals surface area contributed by atoms with Gasteiger partial charge in [0.1, 0.15) is 11.5 Å². The Hall–Kier alpha value is -2.33. The number of hydrogen-bond acceptors (Lipinski definition) is 3. The lowest BCUT2D eigenvalue weighted by Gasteiger charge is -2.04. The van der Waals surface area contributed by atoms with Crippen molar-refractivity contribution in [2.45, 2.75) is 20.0 Å². The van der Waals surface area contributed by atoms with E-state index in [0.29, 0.717) is 0 Å². The fourth-order valence-electron chi connectivity index (χ4n) is 2.13. The molecule has 0 bridgehead atoms. The van der Waals surface area contributed by atoms with Gasteiger partial charge in [-0.3, -0.25) is 5.10 Å². The zero-order valence-corrected chi connectivity index (χ0v) is 11.4. The van der Waals surface area contributed by atoms with E-state index in [1.165, 1.54) is 5.56 Å². The first kappa shape index (κ1) is 12.7. The molecule has 1 aromatic carbocycles. The fourth-order valence-corrected chi connectivity index (χ4v) is 2.13. The second kappa shape index (κ2) is 5.75. The van der Waals surface area contributed by atoms with Crippen LogP contribution < -0.4 is 5.32 Å². The topological polar surface area (TPSA) is 53.9 Å². The number of rotatable bonds is 5. The molecule has 0 spiro atoms. The maximum absolute atomic E-state index is 5.52. The monoisotopic (exact) mass is 267 g/mol. The number of furan rings is 1. The van der Waals surface area contributed by atoms with Crippen molar-refractivity contribution in [1.29, 1.82) is 0 Å². The minimum absolute atomic E-state index is 0.746. The zero-order valence-electron chi connectivity index (χ0n) is 11.4. The lowest BCUT2D eigenvalue weighted by molar-refractivity contribution is 0.462. The highest BCUT2D eigenvalue weighted by Gasteiger charge is 2.00. The van der Waals surface area contributed by atoms with E-state index in [9.17, 15) is 0 Å². The molecule has 3 rings (SSSR count). The average molecular weight is 267 g/mol. The molecule has 0 aliphatic rings. The summed E-state index contributed by atoms with van der Waals surface area (Å²) in [5.41, 5.74) is 3.43. The molecule has 0 atom stereocenters. The lowest BCUT2D eigenvalue weighted by atomic mass is 10.1. The van der Waals surface area contributed by atoms with Crippen molar-refractivity contribution >= 4 is 0 Å². The van der Waals surface area contributed by atoms with Gasteiger partial charge >= 0.3 is 0 Å². The van der Waals surface area contributed by atoms with Gasteiger partial charge in [-0.25, -0.2) is 0 Å². The summed E-state index contributed by atoms with van der Waals surface area (Å²) in [6.45, 7) is 3.52. The second-order valence-electron chi connectivity index (χ2n) is 4.78. The molecular formula is C16H17N3O. The summed E-state index contributed by atoms with van der Waals surface area (Å²) in [4.78, 5) is 0. The minimum atomic E-state index is 0.746. The normalized spacial score (nSPS) is 10.8. The molecule has 0 aliphatic carbocycles. The van der Waals surface area contributed by atoms with Gasteiger partial charge in [0.15, 0.2) is 0 Å². The number of hydrogen-bond donors (Lipinski definition) is 2. The number of aryl methyl sites for hydroxylation is 1. The van der Waals surface area contributed by atoms with Crippen LogP contribution in [0.15, 0.2) is 53.1 Å². The van der Waals surface area contributed by atoms with E-state index in [-0.39, 0.29) is 0 Å². The summed E-state index contributed by atoms with van der Waals surface area (Å²) in [6, 6.07) is 14.4. The van der Waals surface area contributed by atoms with Gasteiger partial charge in [-0.15, -0.1) is 0 Å². The average Bonchev–Trinajstić information content (AvgIpc) is 3.11. The molecule has 0 radical (unpaired) electrons. The van der Waals surface area contributed by atoms with Crippen molar-refractivity contribution in [3.8, 4) is 11.3 Å². The van der Waals surface area contributed by atoms with Crippen LogP contribution in [0.5, 0.6) is 0 Å². The van der Waals surface area contributed by atoms with Crippen molar-refractivity contribution in [3.05, 3.63) is 65.7 Å². The van der Waals surface area contributed by atoms with Crippen LogP contribution in [0.3, 0.4) is 0 Å². The van der Waals surface area contributed by atoms with Crippen molar-refractivity contribution < 1.29 is 4.42 Å². The van der Waals surface area contributed by atoms with Crippen LogP contribution in [-0.4, -0.2) is 10.2 Å². The molecule has 0 saturated heterocycles. The second-order valence-corrected chi connectivity index (χ2v) is 4.78. The van der Waals surface area contributed by atoms with Gasteiger partial charge in [0.05, 0.1) is 12.2 Å². The molecule has 4 heteroatoms. The highest BCUT2D eigenvalue weighted by atomic mass is 16.3. The van der Waals surface area contributed by atoms with Crippen LogP contribution in [0.1, 0.15) is 17.1 Å². The summed E-state index contributed by atoms with van der Waals surface area (Å²) in [5, 5.41) is 10.3. The van der Waals surface area contributed by atoms with Crippen molar-refractivity contribution in [1.82, 2.24) is 15.5 Å². The fraction of sp³-hybridized carbons (Fsp3) is 0.188. The smallest absolute Gasteiger partial charge is 0.117 e. The predicted molar refractivity (Wildman–Crippen MR) is 78.0 cm³/mol. The van der Waals surface area contributed by atoms with Crippen LogP contribution in [0.2, 0.25) is 0 Å². The third-order valence-electron chi connectivity index (χ3n) is 3.19. The maximum atomic E-state index is 5.52. The van der Waals surface area contributed by atoms with Gasteiger partial charge in [-0.2, -0.15) is 5.10 Å². The van der Waals surface area contributed by atoms with Crippen LogP contribution in [0.25, 0.3) is 11.3 Å². The molecule has 0 amide bonds. The summed E-state index contributed by atoms with van der Waals surface area (Å²) >= 11 is 0. The molecule has 2 N–H and O–H groups in total. The number of benzene rings is 1. The molecule has 0 aliphatic heterocycles. The SMILES string of the molecule is Cc1ccc(CNCc2ccc(-c3ccn[nH]3)cc2)o1. The van der Waals surface area contributed by atoms with Crippen molar-refractivity contribution in [3.63, 3.8) is 0 Å². The molecule has 0 saturated carbocycles. The molecule has 20 heavy (non-hydrogen) atoms. The van der Waals surface area contributed by atoms with E-state index < -0.39 is 0 Å². The van der Waals surface area contributed by atoms with E-state index in [1.807, 2.05) is 25.1 Å². The Labute approximate surface area is 117 Å². The summed E-state index contributed by atoms with van der Waals surface area (Å²) in [6.07, 6.45) is 1.76. The van der Waals surface area contributed by atoms with Gasteiger partial charge in [0, 0.05) is 12.7 Å². The third kappa shape index (κ3) is 2.97. The lowest BCUT2D eigenvalue weighted by Crippen LogP contribution is -2.11. The van der Waals surface area contributed by atoms with E-state index in [1.54, 1.807) is 6.20 Å². The molecule has 3 aromatic rings. The Morgan fingerprint density at radius 3 is 2.55 bits per heavy atom. The molecular weight excluding hydrogens is 250 g/mol. The van der Waals surface area contributed by atoms with E-state index in [0.717, 1.165) is 35.9 Å². The molecule has 2 heterocycles. The number of aromatic nitrogens is 2. The highest BCUT2D eigenvalue weighted by Crippen LogP contribution is 2.16. The van der Waals surface area contributed by atoms with Gasteiger partial charge in [-0.05, 0) is 36.2 Å². The van der Waals surface area contributed by atoms with E-state index in [4.69, 9.17) is 4.42 Å². The standard InChI is InChI=1S/C16H17N3O/c1-12-2-7-15(20-12)11-17-10-13-3-5-14(6-4-13)16-8-9-18-19-16/h2-9,17H,10-11H2,1H3,(H,18,19). The van der Waals surface area contributed by atoms with Crippen molar-refractivity contribution in [2.24, 2.45) is 0 Å². The maximum Gasteiger partial charge on any atom is 0.117 e. The van der Waals surface area contributed by atoms with Crippen LogP contribution in [0.4, 0.5) is 0 Å². The minimum Gasteiger partial charge on any atom is -0.465 e. The summed E-state index contributed by atoms with van der Waals surface area (Å²) < 4.78 is 5.52. The number of aromatic amines is 1. The first-order chi connectivity index (χ1) is 9.81. The largest absolute Gasteiger partial charge is 0.465 e. The Kier molecular flexibility index (Phi) is 3.65. The molecule has 0 unspecified atom stereocenters. The molecule has 0 fully saturated rings. The zero-order chi connectivity index (χ0) is 13.8. The van der Waals surface area contributed by atoms with Gasteiger partial charge in [-0.1, -0.05) is 24.3 Å². The predicted octanol–water partition coefficient (Wildman–Crippen LogP) is 3.27. The molecule has 2 aromatic heterocycles. The number of H-pyrrole nitrogens is 1. The Morgan fingerprint density at radius 1 is 1.05 bits per heavy atom. The summed E-state index contributed by atoms with van der Waals surface area (Å²) in [5.74, 6) is 1.92. The first-order valence-corrected chi connectivity index (χ1v) is 6.66. The Morgan fingerprint density at radius 2 is 1.90 bits per heavy atom. The third-order valence-corrected chi connectivity index (χ3v) is 3.19. The quantitative estimate of drug-likeness (QED) is 0.746. The van der Waals surface area contributed by atoms with Crippen LogP contribution >= 0.6 is 0 Å². The Balaban J connectivity index is 1.56. The van der Waals surface area contributed by atoms with Gasteiger partial charge in [0.2, 0.25) is 0 Å². The summed E-state index contributed by atoms with van der Waals surface area (Å²) in [7, 11) is 0. The molecule has 102 valence electrons. The molecule has 4 nitrogen and oxygen atoms in total. The Bertz CT molecular complexity index is 653. The van der Waals surface area contributed by atoms with Crippen molar-refractivity contribution in [2.75, 3.05) is 0 Å². The van der Waals surface area contributed by atoms with E-state index in [2.05, 4.69) is 39.8 Å². The number of nitrogens with one attached hydrogen (secondary N) is 2. The highest BCUT2D eigenvalue weighted by molar-refractivity contribution is 5.58. The van der Waals surface area contributed by atoms with E-state index >= 15 is 0 Å². The van der Waals surface area contributed by atoms with Crippen LogP contribution in [0, 0.1) is 6.92 Å². The number of nitrogens with zero attached hydrogens (tertiary/aromatic N) is 1.